The third kappa shape index (κ3) is 3.30. The van der Waals surface area contributed by atoms with E-state index in [9.17, 15) is 8.42 Å². The van der Waals surface area contributed by atoms with Crippen LogP contribution >= 0.6 is 0 Å². The Kier molecular flexibility index (Phi) is 4.37. The molecule has 0 radical (unpaired) electrons. The molecule has 2 aromatic rings. The van der Waals surface area contributed by atoms with Crippen LogP contribution in [-0.4, -0.2) is 34.8 Å². The minimum absolute atomic E-state index is 0.131. The highest BCUT2D eigenvalue weighted by molar-refractivity contribution is 7.89. The van der Waals surface area contributed by atoms with Gasteiger partial charge < -0.3 is 18.9 Å². The molecule has 2 aromatic carbocycles. The summed E-state index contributed by atoms with van der Waals surface area (Å²) in [6.45, 7) is 3.63. The van der Waals surface area contributed by atoms with Crippen LogP contribution < -0.4 is 23.7 Å². The fraction of sp³-hybridized carbons (Fsp3) is 0.333. The smallest absolute Gasteiger partial charge is 0.241 e. The number of rotatable bonds is 4. The monoisotopic (exact) mass is 377 g/mol. The fourth-order valence-corrected chi connectivity index (χ4v) is 4.14. The van der Waals surface area contributed by atoms with Gasteiger partial charge in [0.05, 0.1) is 4.90 Å². The van der Waals surface area contributed by atoms with Gasteiger partial charge in [0.25, 0.3) is 0 Å². The molecule has 0 spiro atoms. The Labute approximate surface area is 151 Å². The van der Waals surface area contributed by atoms with Crippen molar-refractivity contribution in [1.29, 1.82) is 0 Å². The molecule has 0 fully saturated rings. The SMILES string of the molecule is C[C@H](NS(=O)(=O)c1ccc2c(c1)OCCO2)c1ccc2c(c1)OCCO2. The quantitative estimate of drug-likeness (QED) is 0.880. The van der Waals surface area contributed by atoms with Gasteiger partial charge in [-0.2, -0.15) is 0 Å². The topological polar surface area (TPSA) is 83.1 Å². The normalized spacial score (nSPS) is 16.8. The van der Waals surface area contributed by atoms with Crippen LogP contribution in [0.3, 0.4) is 0 Å². The van der Waals surface area contributed by atoms with Gasteiger partial charge in [-0.15, -0.1) is 0 Å². The zero-order valence-corrected chi connectivity index (χ0v) is 15.0. The summed E-state index contributed by atoms with van der Waals surface area (Å²) in [6, 6.07) is 9.57. The predicted octanol–water partition coefficient (Wildman–Crippen LogP) is 2.27. The molecule has 2 heterocycles. The number of sulfonamides is 1. The van der Waals surface area contributed by atoms with Crippen molar-refractivity contribution in [3.63, 3.8) is 0 Å². The first-order valence-corrected chi connectivity index (χ1v) is 9.83. The predicted molar refractivity (Wildman–Crippen MR) is 93.6 cm³/mol. The zero-order valence-electron chi connectivity index (χ0n) is 14.2. The summed E-state index contributed by atoms with van der Waals surface area (Å²) in [7, 11) is -3.72. The molecular formula is C18H19NO6S. The highest BCUT2D eigenvalue weighted by atomic mass is 32.2. The van der Waals surface area contributed by atoms with Gasteiger partial charge in [0.15, 0.2) is 23.0 Å². The molecule has 26 heavy (non-hydrogen) atoms. The van der Waals surface area contributed by atoms with Gasteiger partial charge >= 0.3 is 0 Å². The van der Waals surface area contributed by atoms with Crippen LogP contribution in [0.4, 0.5) is 0 Å². The lowest BCUT2D eigenvalue weighted by Crippen LogP contribution is -2.27. The van der Waals surface area contributed by atoms with Crippen LogP contribution in [0.5, 0.6) is 23.0 Å². The first-order chi connectivity index (χ1) is 12.5. The molecule has 0 bridgehead atoms. The van der Waals surface area contributed by atoms with Crippen LogP contribution in [0.2, 0.25) is 0 Å². The second-order valence-electron chi connectivity index (χ2n) is 6.05. The van der Waals surface area contributed by atoms with E-state index in [0.29, 0.717) is 49.4 Å². The van der Waals surface area contributed by atoms with E-state index >= 15 is 0 Å². The molecule has 0 unspecified atom stereocenters. The lowest BCUT2D eigenvalue weighted by Gasteiger charge is -2.22. The van der Waals surface area contributed by atoms with Crippen LogP contribution in [-0.2, 0) is 10.0 Å². The Morgan fingerprint density at radius 3 is 2.00 bits per heavy atom. The zero-order chi connectivity index (χ0) is 18.1. The number of ether oxygens (including phenoxy) is 4. The van der Waals surface area contributed by atoms with Crippen molar-refractivity contribution >= 4 is 10.0 Å². The summed E-state index contributed by atoms with van der Waals surface area (Å²) in [6.07, 6.45) is 0. The Balaban J connectivity index is 1.55. The molecule has 4 rings (SSSR count). The van der Waals surface area contributed by atoms with Crippen molar-refractivity contribution in [2.24, 2.45) is 0 Å². The van der Waals surface area contributed by atoms with Crippen LogP contribution in [0.15, 0.2) is 41.3 Å². The van der Waals surface area contributed by atoms with Gasteiger partial charge in [0.1, 0.15) is 26.4 Å². The van der Waals surface area contributed by atoms with Gasteiger partial charge in [-0.3, -0.25) is 0 Å². The van der Waals surface area contributed by atoms with Gasteiger partial charge in [-0.05, 0) is 36.8 Å². The number of benzene rings is 2. The summed E-state index contributed by atoms with van der Waals surface area (Å²) < 4.78 is 50.1. The van der Waals surface area contributed by atoms with Crippen molar-refractivity contribution in [2.45, 2.75) is 17.9 Å². The highest BCUT2D eigenvalue weighted by Crippen LogP contribution is 2.34. The maximum Gasteiger partial charge on any atom is 0.241 e. The van der Waals surface area contributed by atoms with Crippen molar-refractivity contribution in [1.82, 2.24) is 4.72 Å². The Hall–Kier alpha value is -2.45. The standard InChI is InChI=1S/C18H19NO6S/c1-12(13-2-4-15-17(10-13)24-8-6-22-15)19-26(20,21)14-3-5-16-18(11-14)25-9-7-23-16/h2-5,10-12,19H,6-9H2,1H3/t12-/m0/s1. The van der Waals surface area contributed by atoms with E-state index in [1.165, 1.54) is 12.1 Å². The van der Waals surface area contributed by atoms with Crippen LogP contribution in [0.25, 0.3) is 0 Å². The molecule has 0 aromatic heterocycles. The molecule has 1 N–H and O–H groups in total. The first-order valence-electron chi connectivity index (χ1n) is 8.34. The third-order valence-electron chi connectivity index (χ3n) is 4.22. The summed E-state index contributed by atoms with van der Waals surface area (Å²) in [5.41, 5.74) is 0.787. The lowest BCUT2D eigenvalue weighted by atomic mass is 10.1. The second kappa shape index (κ2) is 6.69. The molecule has 8 heteroatoms. The highest BCUT2D eigenvalue weighted by Gasteiger charge is 2.23. The van der Waals surface area contributed by atoms with Crippen molar-refractivity contribution < 1.29 is 27.4 Å². The van der Waals surface area contributed by atoms with E-state index in [0.717, 1.165) is 5.56 Å². The molecule has 138 valence electrons. The molecule has 0 saturated carbocycles. The lowest BCUT2D eigenvalue weighted by molar-refractivity contribution is 0.171. The fourth-order valence-electron chi connectivity index (χ4n) is 2.89. The summed E-state index contributed by atoms with van der Waals surface area (Å²) in [5, 5.41) is 0. The molecular weight excluding hydrogens is 358 g/mol. The molecule has 7 nitrogen and oxygen atoms in total. The molecule has 2 aliphatic rings. The number of nitrogens with one attached hydrogen (secondary N) is 1. The largest absolute Gasteiger partial charge is 0.486 e. The van der Waals surface area contributed by atoms with E-state index in [4.69, 9.17) is 18.9 Å². The maximum absolute atomic E-state index is 12.7. The van der Waals surface area contributed by atoms with Crippen molar-refractivity contribution in [3.05, 3.63) is 42.0 Å². The molecule has 0 aliphatic carbocycles. The van der Waals surface area contributed by atoms with E-state index in [2.05, 4.69) is 4.72 Å². The molecule has 1 atom stereocenters. The third-order valence-corrected chi connectivity index (χ3v) is 5.76. The number of fused-ring (bicyclic) bond motifs is 2. The van der Waals surface area contributed by atoms with Gasteiger partial charge in [0.2, 0.25) is 10.0 Å². The summed E-state index contributed by atoms with van der Waals surface area (Å²) in [4.78, 5) is 0.131. The Morgan fingerprint density at radius 2 is 1.35 bits per heavy atom. The number of hydrogen-bond acceptors (Lipinski definition) is 6. The van der Waals surface area contributed by atoms with Gasteiger partial charge in [0, 0.05) is 12.1 Å². The Bertz CT molecular complexity index is 927. The first kappa shape index (κ1) is 17.0. The molecule has 0 saturated heterocycles. The van der Waals surface area contributed by atoms with Crippen LogP contribution in [0, 0.1) is 0 Å². The molecule has 2 aliphatic heterocycles. The van der Waals surface area contributed by atoms with Crippen LogP contribution in [0.1, 0.15) is 18.5 Å². The molecule has 0 amide bonds. The van der Waals surface area contributed by atoms with Crippen molar-refractivity contribution in [3.8, 4) is 23.0 Å². The van der Waals surface area contributed by atoms with E-state index < -0.39 is 16.1 Å². The van der Waals surface area contributed by atoms with E-state index in [-0.39, 0.29) is 4.90 Å². The summed E-state index contributed by atoms with van der Waals surface area (Å²) >= 11 is 0. The summed E-state index contributed by atoms with van der Waals surface area (Å²) in [5.74, 6) is 2.28. The van der Waals surface area contributed by atoms with Gasteiger partial charge in [-0.1, -0.05) is 6.07 Å². The maximum atomic E-state index is 12.7. The van der Waals surface area contributed by atoms with E-state index in [1.54, 1.807) is 25.1 Å². The minimum Gasteiger partial charge on any atom is -0.486 e. The number of hydrogen-bond donors (Lipinski definition) is 1. The van der Waals surface area contributed by atoms with E-state index in [1.807, 2.05) is 6.07 Å². The average molecular weight is 377 g/mol. The Morgan fingerprint density at radius 1 is 0.808 bits per heavy atom. The minimum atomic E-state index is -3.72. The second-order valence-corrected chi connectivity index (χ2v) is 7.77. The van der Waals surface area contributed by atoms with Gasteiger partial charge in [-0.25, -0.2) is 13.1 Å². The average Bonchev–Trinajstić information content (AvgIpc) is 2.67. The van der Waals surface area contributed by atoms with Crippen molar-refractivity contribution in [2.75, 3.05) is 26.4 Å².